The maximum absolute atomic E-state index is 5.56. The molecule has 0 amide bonds. The number of ether oxygens (including phenoxy) is 1. The first-order valence-electron chi connectivity index (χ1n) is 7.92. The highest BCUT2D eigenvalue weighted by Gasteiger charge is 2.24. The molecular weight excluding hydrogens is 425 g/mol. The number of rotatable bonds is 8. The Hall–Kier alpha value is -0.410. The van der Waals surface area contributed by atoms with Crippen LogP contribution in [0.4, 0.5) is 0 Å². The maximum atomic E-state index is 5.56. The van der Waals surface area contributed by atoms with Gasteiger partial charge in [-0.15, -0.1) is 24.0 Å². The van der Waals surface area contributed by atoms with E-state index >= 15 is 0 Å². The monoisotopic (exact) mass is 453 g/mol. The summed E-state index contributed by atoms with van der Waals surface area (Å²) in [5.41, 5.74) is 0. The highest BCUT2D eigenvalue weighted by molar-refractivity contribution is 14.0. The lowest BCUT2D eigenvalue weighted by Crippen LogP contribution is -2.43. The smallest absolute Gasteiger partial charge is 0.191 e. The molecule has 23 heavy (non-hydrogen) atoms. The number of nitrogens with one attached hydrogen (secondary N) is 2. The molecule has 0 radical (unpaired) electrons. The van der Waals surface area contributed by atoms with Crippen LogP contribution in [0.15, 0.2) is 27.8 Å². The van der Waals surface area contributed by atoms with Gasteiger partial charge in [-0.25, -0.2) is 0 Å². The van der Waals surface area contributed by atoms with Gasteiger partial charge in [0.1, 0.15) is 12.4 Å². The molecule has 7 heteroatoms. The molecule has 1 aromatic heterocycles. The van der Waals surface area contributed by atoms with Crippen LogP contribution >= 0.6 is 35.7 Å². The molecular formula is C16H28IN3O2S. The molecule has 2 atom stereocenters. The predicted molar refractivity (Wildman–Crippen MR) is 108 cm³/mol. The van der Waals surface area contributed by atoms with Crippen LogP contribution in [0.5, 0.6) is 0 Å². The Balaban J connectivity index is 0.00000264. The fourth-order valence-electron chi connectivity index (χ4n) is 2.62. The maximum Gasteiger partial charge on any atom is 0.191 e. The van der Waals surface area contributed by atoms with Crippen molar-refractivity contribution in [1.29, 1.82) is 0 Å². The van der Waals surface area contributed by atoms with E-state index < -0.39 is 0 Å². The zero-order valence-corrected chi connectivity index (χ0v) is 17.1. The summed E-state index contributed by atoms with van der Waals surface area (Å²) in [6.45, 7) is 2.11. The average molecular weight is 453 g/mol. The van der Waals surface area contributed by atoms with Crippen molar-refractivity contribution in [3.8, 4) is 0 Å². The molecule has 132 valence electrons. The topological polar surface area (TPSA) is 58.8 Å². The minimum atomic E-state index is 0. The third-order valence-corrected chi connectivity index (χ3v) is 4.96. The molecule has 2 N–H and O–H groups in total. The normalized spacial score (nSPS) is 21.0. The van der Waals surface area contributed by atoms with Gasteiger partial charge in [0.05, 0.1) is 6.26 Å². The number of halogens is 1. The summed E-state index contributed by atoms with van der Waals surface area (Å²) in [4.78, 5) is 4.29. The Kier molecular flexibility index (Phi) is 10.8. The van der Waals surface area contributed by atoms with Gasteiger partial charge in [-0.3, -0.25) is 4.99 Å². The number of furan rings is 1. The van der Waals surface area contributed by atoms with Gasteiger partial charge < -0.3 is 19.8 Å². The van der Waals surface area contributed by atoms with Crippen LogP contribution in [0.1, 0.15) is 31.4 Å². The van der Waals surface area contributed by atoms with E-state index in [4.69, 9.17) is 9.15 Å². The van der Waals surface area contributed by atoms with Crippen LogP contribution in [0, 0.1) is 0 Å². The fraction of sp³-hybridized carbons (Fsp3) is 0.688. The summed E-state index contributed by atoms with van der Waals surface area (Å²) in [6, 6.07) is 4.35. The summed E-state index contributed by atoms with van der Waals surface area (Å²) >= 11 is 1.97. The summed E-state index contributed by atoms with van der Waals surface area (Å²) in [5, 5.41) is 7.66. The number of hydrogen-bond donors (Lipinski definition) is 2. The first kappa shape index (κ1) is 20.6. The zero-order valence-electron chi connectivity index (χ0n) is 13.9. The van der Waals surface area contributed by atoms with E-state index in [1.165, 1.54) is 19.3 Å². The molecule has 1 aromatic rings. The van der Waals surface area contributed by atoms with Gasteiger partial charge >= 0.3 is 0 Å². The molecule has 1 heterocycles. The lowest BCUT2D eigenvalue weighted by molar-refractivity contribution is 0.105. The van der Waals surface area contributed by atoms with Crippen molar-refractivity contribution in [3.63, 3.8) is 0 Å². The Labute approximate surface area is 160 Å². The second-order valence-corrected chi connectivity index (χ2v) is 6.63. The molecule has 1 aliphatic rings. The van der Waals surface area contributed by atoms with Gasteiger partial charge in [-0.2, -0.15) is 11.8 Å². The van der Waals surface area contributed by atoms with Crippen LogP contribution < -0.4 is 10.6 Å². The number of nitrogens with zero attached hydrogens (tertiary/aromatic N) is 1. The molecule has 2 unspecified atom stereocenters. The summed E-state index contributed by atoms with van der Waals surface area (Å²) < 4.78 is 10.8. The number of aliphatic imine (C=N–C) groups is 1. The largest absolute Gasteiger partial charge is 0.467 e. The SMILES string of the molecule is CN=C(NCCCOCc1ccco1)NC1CCC(SC)C1.I. The molecule has 5 nitrogen and oxygen atoms in total. The van der Waals surface area contributed by atoms with Crippen LogP contribution in [0.25, 0.3) is 0 Å². The lowest BCUT2D eigenvalue weighted by atomic mass is 10.2. The fourth-order valence-corrected chi connectivity index (χ4v) is 3.42. The van der Waals surface area contributed by atoms with Crippen molar-refractivity contribution in [2.45, 2.75) is 43.6 Å². The molecule has 0 aromatic carbocycles. The molecule has 1 saturated carbocycles. The molecule has 1 aliphatic carbocycles. The Morgan fingerprint density at radius 3 is 3.00 bits per heavy atom. The van der Waals surface area contributed by atoms with Crippen molar-refractivity contribution in [3.05, 3.63) is 24.2 Å². The summed E-state index contributed by atoms with van der Waals surface area (Å²) in [7, 11) is 1.82. The van der Waals surface area contributed by atoms with E-state index in [9.17, 15) is 0 Å². The molecule has 1 fully saturated rings. The number of thioether (sulfide) groups is 1. The van der Waals surface area contributed by atoms with Gasteiger partial charge in [-0.05, 0) is 44.1 Å². The second-order valence-electron chi connectivity index (χ2n) is 5.50. The standard InChI is InChI=1S/C16H27N3O2S.HI/c1-17-16(19-13-6-7-15(11-13)22-2)18-8-4-9-20-12-14-5-3-10-21-14;/h3,5,10,13,15H,4,6-9,11-12H2,1-2H3,(H2,17,18,19);1H. The highest BCUT2D eigenvalue weighted by atomic mass is 127. The molecule has 0 saturated heterocycles. The third kappa shape index (κ3) is 7.80. The van der Waals surface area contributed by atoms with E-state index in [1.807, 2.05) is 30.9 Å². The van der Waals surface area contributed by atoms with Crippen LogP contribution in [-0.4, -0.2) is 43.7 Å². The summed E-state index contributed by atoms with van der Waals surface area (Å²) in [5.74, 6) is 1.77. The van der Waals surface area contributed by atoms with Gasteiger partial charge in [0.15, 0.2) is 5.96 Å². The van der Waals surface area contributed by atoms with Gasteiger partial charge in [0.25, 0.3) is 0 Å². The predicted octanol–water partition coefficient (Wildman–Crippen LogP) is 3.25. The Morgan fingerprint density at radius 1 is 1.48 bits per heavy atom. The molecule has 0 bridgehead atoms. The van der Waals surface area contributed by atoms with Crippen molar-refractivity contribution < 1.29 is 9.15 Å². The lowest BCUT2D eigenvalue weighted by Gasteiger charge is -2.17. The van der Waals surface area contributed by atoms with Crippen molar-refractivity contribution in [2.24, 2.45) is 4.99 Å². The number of guanidine groups is 1. The van der Waals surface area contributed by atoms with Crippen molar-refractivity contribution >= 4 is 41.7 Å². The molecule has 0 spiro atoms. The number of hydrogen-bond acceptors (Lipinski definition) is 4. The Morgan fingerprint density at radius 2 is 2.35 bits per heavy atom. The van der Waals surface area contributed by atoms with Crippen LogP contribution in [-0.2, 0) is 11.3 Å². The van der Waals surface area contributed by atoms with E-state index in [0.29, 0.717) is 19.3 Å². The van der Waals surface area contributed by atoms with E-state index in [-0.39, 0.29) is 24.0 Å². The van der Waals surface area contributed by atoms with E-state index in [2.05, 4.69) is 21.9 Å². The second kappa shape index (κ2) is 12.0. The minimum absolute atomic E-state index is 0. The first-order chi connectivity index (χ1) is 10.8. The highest BCUT2D eigenvalue weighted by Crippen LogP contribution is 2.27. The van der Waals surface area contributed by atoms with Gasteiger partial charge in [0.2, 0.25) is 0 Å². The van der Waals surface area contributed by atoms with Gasteiger partial charge in [0, 0.05) is 31.5 Å². The van der Waals surface area contributed by atoms with Crippen LogP contribution in [0.2, 0.25) is 0 Å². The zero-order chi connectivity index (χ0) is 15.6. The summed E-state index contributed by atoms with van der Waals surface area (Å²) in [6.07, 6.45) is 8.58. The Bertz CT molecular complexity index is 443. The van der Waals surface area contributed by atoms with E-state index in [0.717, 1.165) is 29.9 Å². The van der Waals surface area contributed by atoms with Crippen molar-refractivity contribution in [1.82, 2.24) is 10.6 Å². The van der Waals surface area contributed by atoms with Crippen molar-refractivity contribution in [2.75, 3.05) is 26.5 Å². The quantitative estimate of drug-likeness (QED) is 0.274. The third-order valence-electron chi connectivity index (χ3n) is 3.86. The average Bonchev–Trinajstić information content (AvgIpc) is 3.20. The van der Waals surface area contributed by atoms with E-state index in [1.54, 1.807) is 6.26 Å². The minimum Gasteiger partial charge on any atom is -0.467 e. The molecule has 0 aliphatic heterocycles. The molecule has 2 rings (SSSR count). The van der Waals surface area contributed by atoms with Crippen LogP contribution in [0.3, 0.4) is 0 Å². The van der Waals surface area contributed by atoms with Gasteiger partial charge in [-0.1, -0.05) is 0 Å². The first-order valence-corrected chi connectivity index (χ1v) is 9.20.